The number of rotatable bonds is 5. The highest BCUT2D eigenvalue weighted by molar-refractivity contribution is 7.17. The molecule has 0 bridgehead atoms. The third-order valence-corrected chi connectivity index (χ3v) is 6.42. The molecule has 0 aliphatic rings. The van der Waals surface area contributed by atoms with Crippen molar-refractivity contribution in [1.82, 2.24) is 34.7 Å². The number of halogens is 4. The molecule has 0 unspecified atom stereocenters. The standard InChI is InChI=1S/C21H13ClF3N9O2S/c1-9-13(6-12(22)19(31-9)34-28-3-4-29-34)32-20(36)11-7-30-33(17(11)21(23,24)25)14-8-27-15(18(26)35)16-10(14)2-5-37-16/h2-8H,1H3,(H2,26,35)(H,32,36). The van der Waals surface area contributed by atoms with E-state index in [2.05, 4.69) is 30.6 Å². The Morgan fingerprint density at radius 1 is 1.16 bits per heavy atom. The van der Waals surface area contributed by atoms with Crippen molar-refractivity contribution in [1.29, 1.82) is 0 Å². The molecule has 0 fully saturated rings. The van der Waals surface area contributed by atoms with Crippen LogP contribution < -0.4 is 11.1 Å². The van der Waals surface area contributed by atoms with E-state index in [0.717, 1.165) is 28.5 Å². The number of aryl methyl sites for hydroxylation is 1. The van der Waals surface area contributed by atoms with Gasteiger partial charge in [-0.05, 0) is 24.4 Å². The van der Waals surface area contributed by atoms with Gasteiger partial charge in [0.1, 0.15) is 5.69 Å². The van der Waals surface area contributed by atoms with Crippen LogP contribution >= 0.6 is 22.9 Å². The van der Waals surface area contributed by atoms with Gasteiger partial charge in [-0.15, -0.1) is 16.1 Å². The first-order valence-corrected chi connectivity index (χ1v) is 11.5. The minimum atomic E-state index is -4.98. The predicted molar refractivity (Wildman–Crippen MR) is 127 cm³/mol. The van der Waals surface area contributed by atoms with E-state index in [1.165, 1.54) is 31.5 Å². The van der Waals surface area contributed by atoms with Crippen LogP contribution in [0.1, 0.15) is 32.2 Å². The average molecular weight is 548 g/mol. The normalized spacial score (nSPS) is 11.7. The molecule has 11 nitrogen and oxygen atoms in total. The minimum absolute atomic E-state index is 0.0595. The van der Waals surface area contributed by atoms with Crippen LogP contribution in [0.15, 0.2) is 42.3 Å². The summed E-state index contributed by atoms with van der Waals surface area (Å²) in [5.41, 5.74) is 3.43. The van der Waals surface area contributed by atoms with Crippen molar-refractivity contribution in [3.8, 4) is 11.5 Å². The summed E-state index contributed by atoms with van der Waals surface area (Å²) in [6, 6.07) is 2.84. The van der Waals surface area contributed by atoms with Gasteiger partial charge in [0.25, 0.3) is 11.8 Å². The fourth-order valence-corrected chi connectivity index (χ4v) is 4.74. The quantitative estimate of drug-likeness (QED) is 0.340. The summed E-state index contributed by atoms with van der Waals surface area (Å²) in [5, 5.41) is 16.0. The fraction of sp³-hybridized carbons (Fsp3) is 0.0952. The molecule has 37 heavy (non-hydrogen) atoms. The molecule has 0 saturated heterocycles. The first-order chi connectivity index (χ1) is 17.6. The van der Waals surface area contributed by atoms with Crippen LogP contribution in [0, 0.1) is 6.92 Å². The molecule has 0 atom stereocenters. The van der Waals surface area contributed by atoms with E-state index < -0.39 is 29.2 Å². The second kappa shape index (κ2) is 8.94. The number of primary amides is 1. The van der Waals surface area contributed by atoms with Crippen LogP contribution in [0.2, 0.25) is 5.02 Å². The largest absolute Gasteiger partial charge is 0.434 e. The molecule has 0 spiro atoms. The number of nitrogens with one attached hydrogen (secondary N) is 1. The minimum Gasteiger partial charge on any atom is -0.364 e. The van der Waals surface area contributed by atoms with Crippen molar-refractivity contribution >= 4 is 50.5 Å². The van der Waals surface area contributed by atoms with Crippen LogP contribution in [0.3, 0.4) is 0 Å². The Bertz CT molecular complexity index is 1680. The number of hydrogen-bond acceptors (Lipinski definition) is 8. The van der Waals surface area contributed by atoms with Gasteiger partial charge >= 0.3 is 6.18 Å². The lowest BCUT2D eigenvalue weighted by Gasteiger charge is -2.14. The number of alkyl halides is 3. The zero-order valence-electron chi connectivity index (χ0n) is 18.5. The molecule has 0 aromatic carbocycles. The van der Waals surface area contributed by atoms with Crippen LogP contribution in [-0.4, -0.2) is 46.6 Å². The molecule has 5 rings (SSSR count). The molecule has 188 valence electrons. The lowest BCUT2D eigenvalue weighted by atomic mass is 10.2. The van der Waals surface area contributed by atoms with E-state index in [1.807, 2.05) is 0 Å². The van der Waals surface area contributed by atoms with E-state index in [4.69, 9.17) is 17.3 Å². The molecule has 0 aliphatic heterocycles. The molecule has 5 aromatic heterocycles. The van der Waals surface area contributed by atoms with Crippen LogP contribution in [0.5, 0.6) is 0 Å². The third-order valence-electron chi connectivity index (χ3n) is 5.22. The Kier molecular flexibility index (Phi) is 5.88. The first-order valence-electron chi connectivity index (χ1n) is 10.2. The Morgan fingerprint density at radius 3 is 2.57 bits per heavy atom. The van der Waals surface area contributed by atoms with E-state index in [0.29, 0.717) is 9.38 Å². The van der Waals surface area contributed by atoms with Crippen molar-refractivity contribution in [3.05, 3.63) is 70.0 Å². The van der Waals surface area contributed by atoms with Gasteiger partial charge in [0, 0.05) is 5.39 Å². The van der Waals surface area contributed by atoms with Gasteiger partial charge in [-0.1, -0.05) is 11.6 Å². The Morgan fingerprint density at radius 2 is 1.89 bits per heavy atom. The molecule has 0 radical (unpaired) electrons. The lowest BCUT2D eigenvalue weighted by Crippen LogP contribution is -2.21. The maximum absolute atomic E-state index is 14.2. The number of nitrogens with zero attached hydrogens (tertiary/aromatic N) is 7. The number of hydrogen-bond donors (Lipinski definition) is 2. The molecule has 16 heteroatoms. The number of thiophene rings is 1. The third kappa shape index (κ3) is 4.27. The summed E-state index contributed by atoms with van der Waals surface area (Å²) >= 11 is 7.33. The molecule has 2 amide bonds. The summed E-state index contributed by atoms with van der Waals surface area (Å²) in [6.45, 7) is 1.53. The number of nitrogens with two attached hydrogens (primary N) is 1. The maximum Gasteiger partial charge on any atom is 0.434 e. The number of carbonyl (C=O) groups excluding carboxylic acids is 2. The highest BCUT2D eigenvalue weighted by Gasteiger charge is 2.41. The zero-order chi connectivity index (χ0) is 26.5. The summed E-state index contributed by atoms with van der Waals surface area (Å²) in [5.74, 6) is -1.74. The highest BCUT2D eigenvalue weighted by Crippen LogP contribution is 2.37. The van der Waals surface area contributed by atoms with E-state index in [9.17, 15) is 22.8 Å². The van der Waals surface area contributed by atoms with Gasteiger partial charge < -0.3 is 11.1 Å². The van der Waals surface area contributed by atoms with E-state index in [1.54, 1.807) is 5.38 Å². The second-order valence-electron chi connectivity index (χ2n) is 7.54. The fourth-order valence-electron chi connectivity index (χ4n) is 3.61. The first kappa shape index (κ1) is 24.3. The smallest absolute Gasteiger partial charge is 0.364 e. The molecular weight excluding hydrogens is 535 g/mol. The van der Waals surface area contributed by atoms with Crippen molar-refractivity contribution in [2.75, 3.05) is 5.32 Å². The van der Waals surface area contributed by atoms with Gasteiger partial charge in [-0.3, -0.25) is 9.59 Å². The molecule has 0 saturated carbocycles. The lowest BCUT2D eigenvalue weighted by molar-refractivity contribution is -0.143. The molecule has 3 N–H and O–H groups in total. The number of fused-ring (bicyclic) bond motifs is 1. The number of anilines is 1. The topological polar surface area (TPSA) is 146 Å². The maximum atomic E-state index is 14.2. The number of carbonyl (C=O) groups is 2. The van der Waals surface area contributed by atoms with Crippen molar-refractivity contribution in [2.24, 2.45) is 5.73 Å². The van der Waals surface area contributed by atoms with E-state index in [-0.39, 0.29) is 39.0 Å². The van der Waals surface area contributed by atoms with Crippen molar-refractivity contribution in [2.45, 2.75) is 13.1 Å². The van der Waals surface area contributed by atoms with E-state index >= 15 is 0 Å². The summed E-state index contributed by atoms with van der Waals surface area (Å²) < 4.78 is 43.5. The number of pyridine rings is 2. The monoisotopic (exact) mass is 547 g/mol. The van der Waals surface area contributed by atoms with Crippen molar-refractivity contribution < 1.29 is 22.8 Å². The SMILES string of the molecule is Cc1nc(-n2nccn2)c(Cl)cc1NC(=O)c1cnn(-c2cnc(C(N)=O)c3sccc23)c1C(F)(F)F. The Hall–Kier alpha value is -4.37. The number of amides is 2. The van der Waals surface area contributed by atoms with Crippen LogP contribution in [0.25, 0.3) is 21.6 Å². The van der Waals surface area contributed by atoms with Crippen molar-refractivity contribution in [3.63, 3.8) is 0 Å². The molecule has 5 heterocycles. The van der Waals surface area contributed by atoms with Gasteiger partial charge in [0.15, 0.2) is 11.5 Å². The Balaban J connectivity index is 1.56. The summed E-state index contributed by atoms with van der Waals surface area (Å²) in [7, 11) is 0. The van der Waals surface area contributed by atoms with Gasteiger partial charge in [0.05, 0.1) is 57.1 Å². The molecular formula is C21H13ClF3N9O2S. The van der Waals surface area contributed by atoms with Gasteiger partial charge in [-0.2, -0.15) is 28.5 Å². The average Bonchev–Trinajstić information content (AvgIpc) is 3.60. The Labute approximate surface area is 213 Å². The molecule has 0 aliphatic carbocycles. The van der Waals surface area contributed by atoms with Crippen LogP contribution in [-0.2, 0) is 6.18 Å². The summed E-state index contributed by atoms with van der Waals surface area (Å²) in [4.78, 5) is 34.0. The predicted octanol–water partition coefficient (Wildman–Crippen LogP) is 3.79. The second-order valence-corrected chi connectivity index (χ2v) is 8.86. The van der Waals surface area contributed by atoms with Gasteiger partial charge in [0.2, 0.25) is 0 Å². The number of aromatic nitrogens is 7. The van der Waals surface area contributed by atoms with Gasteiger partial charge in [-0.25, -0.2) is 14.6 Å². The summed E-state index contributed by atoms with van der Waals surface area (Å²) in [6.07, 6.45) is -0.297. The highest BCUT2D eigenvalue weighted by atomic mass is 35.5. The van der Waals surface area contributed by atoms with Crippen LogP contribution in [0.4, 0.5) is 18.9 Å². The zero-order valence-corrected chi connectivity index (χ0v) is 20.1. The molecule has 5 aromatic rings.